The molecule has 1 atom stereocenters. The number of nitrogens with two attached hydrogens (primary N) is 1. The van der Waals surface area contributed by atoms with Crippen molar-refractivity contribution in [2.24, 2.45) is 5.73 Å². The fourth-order valence-corrected chi connectivity index (χ4v) is 2.04. The largest absolute Gasteiger partial charge is 0.322 e. The van der Waals surface area contributed by atoms with Crippen LogP contribution < -0.4 is 5.73 Å². The minimum Gasteiger partial charge on any atom is -0.322 e. The summed E-state index contributed by atoms with van der Waals surface area (Å²) in [7, 11) is 0. The SMILES string of the molecule is CCC(C)(N)c1ccccc1SC. The van der Waals surface area contributed by atoms with Gasteiger partial charge in [0.2, 0.25) is 0 Å². The third-order valence-electron chi connectivity index (χ3n) is 2.46. The van der Waals surface area contributed by atoms with Gasteiger partial charge in [0.05, 0.1) is 0 Å². The van der Waals surface area contributed by atoms with Crippen molar-refractivity contribution in [2.75, 3.05) is 6.26 Å². The maximum atomic E-state index is 6.20. The minimum absolute atomic E-state index is 0.195. The van der Waals surface area contributed by atoms with Crippen molar-refractivity contribution in [1.29, 1.82) is 0 Å². The molecule has 1 nitrogen and oxygen atoms in total. The molecule has 0 aliphatic rings. The number of hydrogen-bond acceptors (Lipinski definition) is 2. The summed E-state index contributed by atoms with van der Waals surface area (Å²) in [6.07, 6.45) is 3.05. The topological polar surface area (TPSA) is 26.0 Å². The molecule has 0 bridgehead atoms. The fraction of sp³-hybridized carbons (Fsp3) is 0.455. The molecule has 0 saturated heterocycles. The molecule has 0 spiro atoms. The summed E-state index contributed by atoms with van der Waals surface area (Å²) in [5.74, 6) is 0. The maximum Gasteiger partial charge on any atom is 0.0389 e. The highest BCUT2D eigenvalue weighted by Gasteiger charge is 2.20. The van der Waals surface area contributed by atoms with Gasteiger partial charge in [-0.3, -0.25) is 0 Å². The molecule has 0 radical (unpaired) electrons. The summed E-state index contributed by atoms with van der Waals surface area (Å²) in [5, 5.41) is 0. The van der Waals surface area contributed by atoms with E-state index in [1.165, 1.54) is 10.5 Å². The standard InChI is InChI=1S/C11H17NS/c1-4-11(2,12)9-7-5-6-8-10(9)13-3/h5-8H,4,12H2,1-3H3. The lowest BCUT2D eigenvalue weighted by Crippen LogP contribution is -2.32. The van der Waals surface area contributed by atoms with Gasteiger partial charge in [0.25, 0.3) is 0 Å². The van der Waals surface area contributed by atoms with Crippen LogP contribution in [0.4, 0.5) is 0 Å². The van der Waals surface area contributed by atoms with Crippen molar-refractivity contribution in [3.63, 3.8) is 0 Å². The number of hydrogen-bond donors (Lipinski definition) is 1. The molecule has 1 aromatic carbocycles. The van der Waals surface area contributed by atoms with E-state index >= 15 is 0 Å². The molecule has 13 heavy (non-hydrogen) atoms. The van der Waals surface area contributed by atoms with Gasteiger partial charge in [-0.1, -0.05) is 25.1 Å². The predicted octanol–water partition coefficient (Wildman–Crippen LogP) is 2.99. The van der Waals surface area contributed by atoms with E-state index < -0.39 is 0 Å². The lowest BCUT2D eigenvalue weighted by atomic mass is 9.91. The normalized spacial score (nSPS) is 15.4. The zero-order valence-corrected chi connectivity index (χ0v) is 9.32. The van der Waals surface area contributed by atoms with E-state index in [2.05, 4.69) is 44.4 Å². The molecule has 72 valence electrons. The van der Waals surface area contributed by atoms with Crippen molar-refractivity contribution in [1.82, 2.24) is 0 Å². The Morgan fingerprint density at radius 3 is 2.54 bits per heavy atom. The molecule has 1 rings (SSSR count). The van der Waals surface area contributed by atoms with Gasteiger partial charge < -0.3 is 5.73 Å². The van der Waals surface area contributed by atoms with Crippen LogP contribution >= 0.6 is 11.8 Å². The third kappa shape index (κ3) is 2.26. The molecule has 1 aromatic rings. The van der Waals surface area contributed by atoms with Crippen molar-refractivity contribution in [2.45, 2.75) is 30.7 Å². The predicted molar refractivity (Wildman–Crippen MR) is 60.1 cm³/mol. The molecule has 0 fully saturated rings. The van der Waals surface area contributed by atoms with E-state index in [9.17, 15) is 0 Å². The molecular formula is C11H17NS. The molecule has 0 aromatic heterocycles. The van der Waals surface area contributed by atoms with Crippen LogP contribution in [0.3, 0.4) is 0 Å². The zero-order valence-electron chi connectivity index (χ0n) is 8.50. The van der Waals surface area contributed by atoms with E-state index in [1.807, 2.05) is 0 Å². The molecule has 0 aliphatic heterocycles. The first kappa shape index (κ1) is 10.6. The molecular weight excluding hydrogens is 178 g/mol. The van der Waals surface area contributed by atoms with Gasteiger partial charge in [-0.2, -0.15) is 0 Å². The average Bonchev–Trinajstić information content (AvgIpc) is 2.18. The van der Waals surface area contributed by atoms with Gasteiger partial charge in [-0.25, -0.2) is 0 Å². The summed E-state index contributed by atoms with van der Waals surface area (Å²) < 4.78 is 0. The van der Waals surface area contributed by atoms with E-state index in [-0.39, 0.29) is 5.54 Å². The number of rotatable bonds is 3. The highest BCUT2D eigenvalue weighted by Crippen LogP contribution is 2.29. The second-order valence-corrected chi connectivity index (χ2v) is 4.32. The van der Waals surface area contributed by atoms with Crippen LogP contribution in [0.5, 0.6) is 0 Å². The van der Waals surface area contributed by atoms with Gasteiger partial charge in [0.15, 0.2) is 0 Å². The first-order valence-corrected chi connectivity index (χ1v) is 5.76. The third-order valence-corrected chi connectivity index (χ3v) is 3.25. The summed E-state index contributed by atoms with van der Waals surface area (Å²) in [6, 6.07) is 8.35. The van der Waals surface area contributed by atoms with Gasteiger partial charge in [-0.05, 0) is 31.2 Å². The number of benzene rings is 1. The Hall–Kier alpha value is -0.470. The second-order valence-electron chi connectivity index (χ2n) is 3.47. The Balaban J connectivity index is 3.12. The molecule has 2 N–H and O–H groups in total. The van der Waals surface area contributed by atoms with Gasteiger partial charge >= 0.3 is 0 Å². The van der Waals surface area contributed by atoms with Gasteiger partial charge in [-0.15, -0.1) is 11.8 Å². The van der Waals surface area contributed by atoms with Crippen molar-refractivity contribution in [3.05, 3.63) is 29.8 Å². The highest BCUT2D eigenvalue weighted by molar-refractivity contribution is 7.98. The molecule has 0 saturated carbocycles. The maximum absolute atomic E-state index is 6.20. The Morgan fingerprint density at radius 1 is 1.38 bits per heavy atom. The Labute approximate surface area is 84.7 Å². The van der Waals surface area contributed by atoms with E-state index in [1.54, 1.807) is 11.8 Å². The smallest absolute Gasteiger partial charge is 0.0389 e. The summed E-state index contributed by atoms with van der Waals surface area (Å²) >= 11 is 1.76. The first-order chi connectivity index (χ1) is 6.11. The monoisotopic (exact) mass is 195 g/mol. The van der Waals surface area contributed by atoms with Crippen LogP contribution in [0.25, 0.3) is 0 Å². The van der Waals surface area contributed by atoms with E-state index in [4.69, 9.17) is 5.73 Å². The van der Waals surface area contributed by atoms with Gasteiger partial charge in [0.1, 0.15) is 0 Å². The van der Waals surface area contributed by atoms with Crippen molar-refractivity contribution in [3.8, 4) is 0 Å². The Bertz CT molecular complexity index is 281. The average molecular weight is 195 g/mol. The molecule has 2 heteroatoms. The van der Waals surface area contributed by atoms with Crippen molar-refractivity contribution >= 4 is 11.8 Å². The second kappa shape index (κ2) is 4.16. The van der Waals surface area contributed by atoms with Crippen molar-refractivity contribution < 1.29 is 0 Å². The van der Waals surface area contributed by atoms with Gasteiger partial charge in [0, 0.05) is 10.4 Å². The molecule has 0 aliphatic carbocycles. The van der Waals surface area contributed by atoms with Crippen LogP contribution in [-0.4, -0.2) is 6.26 Å². The summed E-state index contributed by atoms with van der Waals surface area (Å²) in [6.45, 7) is 4.21. The first-order valence-electron chi connectivity index (χ1n) is 4.54. The number of thioether (sulfide) groups is 1. The lowest BCUT2D eigenvalue weighted by Gasteiger charge is -2.25. The van der Waals surface area contributed by atoms with E-state index in [0.717, 1.165) is 6.42 Å². The van der Waals surface area contributed by atoms with Crippen LogP contribution in [0.2, 0.25) is 0 Å². The fourth-order valence-electron chi connectivity index (χ4n) is 1.31. The lowest BCUT2D eigenvalue weighted by molar-refractivity contribution is 0.468. The van der Waals surface area contributed by atoms with Crippen LogP contribution in [0.15, 0.2) is 29.2 Å². The minimum atomic E-state index is -0.195. The van der Waals surface area contributed by atoms with Crippen LogP contribution in [0.1, 0.15) is 25.8 Å². The quantitative estimate of drug-likeness (QED) is 0.750. The Kier molecular flexibility index (Phi) is 3.40. The molecule has 1 unspecified atom stereocenters. The molecule has 0 amide bonds. The molecule has 0 heterocycles. The zero-order chi connectivity index (χ0) is 9.90. The van der Waals surface area contributed by atoms with E-state index in [0.29, 0.717) is 0 Å². The van der Waals surface area contributed by atoms with Crippen LogP contribution in [-0.2, 0) is 5.54 Å². The summed E-state index contributed by atoms with van der Waals surface area (Å²) in [5.41, 5.74) is 7.26. The summed E-state index contributed by atoms with van der Waals surface area (Å²) in [4.78, 5) is 1.29. The Morgan fingerprint density at radius 2 is 2.00 bits per heavy atom. The van der Waals surface area contributed by atoms with Crippen LogP contribution in [0, 0.1) is 0 Å². The highest BCUT2D eigenvalue weighted by atomic mass is 32.2.